The van der Waals surface area contributed by atoms with Gasteiger partial charge in [0.2, 0.25) is 0 Å². The predicted molar refractivity (Wildman–Crippen MR) is 74.2 cm³/mol. The Kier molecular flexibility index (Phi) is 3.78. The number of anilines is 1. The Morgan fingerprint density at radius 2 is 1.94 bits per heavy atom. The van der Waals surface area contributed by atoms with Crippen molar-refractivity contribution in [2.24, 2.45) is 0 Å². The smallest absolute Gasteiger partial charge is 0.150 e. The molecule has 0 aromatic heterocycles. The second-order valence-corrected chi connectivity index (χ2v) is 7.60. The van der Waals surface area contributed by atoms with E-state index in [0.29, 0.717) is 24.3 Å². The van der Waals surface area contributed by atoms with E-state index >= 15 is 0 Å². The van der Waals surface area contributed by atoms with Crippen LogP contribution in [0.25, 0.3) is 0 Å². The molecule has 0 bridgehead atoms. The molecule has 1 aliphatic heterocycles. The Labute approximate surface area is 111 Å². The molecule has 0 amide bonds. The number of benzene rings is 1. The van der Waals surface area contributed by atoms with Crippen molar-refractivity contribution < 1.29 is 8.42 Å². The zero-order chi connectivity index (χ0) is 12.5. The number of sulfone groups is 1. The van der Waals surface area contributed by atoms with Crippen LogP contribution in [0.2, 0.25) is 0 Å². The lowest BCUT2D eigenvalue weighted by atomic mass is 10.1. The highest BCUT2D eigenvalue weighted by Gasteiger charge is 2.23. The van der Waals surface area contributed by atoms with Gasteiger partial charge in [-0.05, 0) is 47.3 Å². The molecule has 0 unspecified atom stereocenters. The van der Waals surface area contributed by atoms with E-state index in [2.05, 4.69) is 21.2 Å². The minimum Gasteiger partial charge on any atom is -0.381 e. The van der Waals surface area contributed by atoms with Gasteiger partial charge in [-0.3, -0.25) is 0 Å². The number of hydrogen-bond acceptors (Lipinski definition) is 3. The van der Waals surface area contributed by atoms with Crippen molar-refractivity contribution in [3.05, 3.63) is 28.2 Å². The Hall–Kier alpha value is -0.550. The van der Waals surface area contributed by atoms with Crippen molar-refractivity contribution in [2.75, 3.05) is 16.8 Å². The molecule has 1 heterocycles. The van der Waals surface area contributed by atoms with Crippen molar-refractivity contribution in [1.82, 2.24) is 0 Å². The van der Waals surface area contributed by atoms with Gasteiger partial charge in [0, 0.05) is 16.2 Å². The van der Waals surface area contributed by atoms with Crippen LogP contribution in [0.1, 0.15) is 18.4 Å². The van der Waals surface area contributed by atoms with Gasteiger partial charge < -0.3 is 5.32 Å². The maximum atomic E-state index is 11.3. The first kappa shape index (κ1) is 12.9. The summed E-state index contributed by atoms with van der Waals surface area (Å²) in [5.74, 6) is 0.599. The summed E-state index contributed by atoms with van der Waals surface area (Å²) >= 11 is 3.55. The SMILES string of the molecule is Cc1cccc(NC2CCS(=O)(=O)CC2)c1Br. The van der Waals surface area contributed by atoms with Gasteiger partial charge in [0.1, 0.15) is 9.84 Å². The first-order chi connectivity index (χ1) is 7.98. The molecule has 1 aromatic rings. The van der Waals surface area contributed by atoms with E-state index < -0.39 is 9.84 Å². The number of halogens is 1. The van der Waals surface area contributed by atoms with Crippen molar-refractivity contribution in [3.63, 3.8) is 0 Å². The van der Waals surface area contributed by atoms with Crippen LogP contribution >= 0.6 is 15.9 Å². The molecule has 5 heteroatoms. The number of aryl methyl sites for hydroxylation is 1. The highest BCUT2D eigenvalue weighted by Crippen LogP contribution is 2.28. The normalized spacial score (nSPS) is 20.1. The van der Waals surface area contributed by atoms with E-state index in [4.69, 9.17) is 0 Å². The van der Waals surface area contributed by atoms with E-state index in [1.54, 1.807) is 0 Å². The summed E-state index contributed by atoms with van der Waals surface area (Å²) in [5, 5.41) is 3.42. The first-order valence-corrected chi connectivity index (χ1v) is 8.31. The van der Waals surface area contributed by atoms with Crippen molar-refractivity contribution in [1.29, 1.82) is 0 Å². The molecule has 0 saturated carbocycles. The van der Waals surface area contributed by atoms with Gasteiger partial charge >= 0.3 is 0 Å². The fraction of sp³-hybridized carbons (Fsp3) is 0.500. The average molecular weight is 318 g/mol. The van der Waals surface area contributed by atoms with Crippen molar-refractivity contribution in [2.45, 2.75) is 25.8 Å². The van der Waals surface area contributed by atoms with Crippen LogP contribution in [0.5, 0.6) is 0 Å². The molecule has 1 fully saturated rings. The molecular formula is C12H16BrNO2S. The van der Waals surface area contributed by atoms with E-state index in [-0.39, 0.29) is 6.04 Å². The largest absolute Gasteiger partial charge is 0.381 e. The lowest BCUT2D eigenvalue weighted by molar-refractivity contribution is 0.559. The van der Waals surface area contributed by atoms with Crippen molar-refractivity contribution >= 4 is 31.5 Å². The molecule has 1 N–H and O–H groups in total. The summed E-state index contributed by atoms with van der Waals surface area (Å²) in [7, 11) is -2.78. The molecule has 0 spiro atoms. The van der Waals surface area contributed by atoms with Gasteiger partial charge in [0.25, 0.3) is 0 Å². The standard InChI is InChI=1S/C12H16BrNO2S/c1-9-3-2-4-11(12(9)13)14-10-5-7-17(15,16)8-6-10/h2-4,10,14H,5-8H2,1H3. The summed E-state index contributed by atoms with van der Waals surface area (Å²) in [5.41, 5.74) is 2.23. The fourth-order valence-corrected chi connectivity index (χ4v) is 3.88. The van der Waals surface area contributed by atoms with Gasteiger partial charge in [0.15, 0.2) is 0 Å². The summed E-state index contributed by atoms with van der Waals surface area (Å²) in [6.07, 6.45) is 1.39. The quantitative estimate of drug-likeness (QED) is 0.912. The van der Waals surface area contributed by atoms with Crippen LogP contribution in [-0.4, -0.2) is 26.0 Å². The third kappa shape index (κ3) is 3.22. The Bertz CT molecular complexity index is 499. The number of nitrogens with one attached hydrogen (secondary N) is 1. The molecular weight excluding hydrogens is 302 g/mol. The van der Waals surface area contributed by atoms with Gasteiger partial charge in [-0.15, -0.1) is 0 Å². The first-order valence-electron chi connectivity index (χ1n) is 5.70. The number of hydrogen-bond donors (Lipinski definition) is 1. The summed E-state index contributed by atoms with van der Waals surface area (Å²) in [4.78, 5) is 0. The van der Waals surface area contributed by atoms with Crippen LogP contribution in [0, 0.1) is 6.92 Å². The summed E-state index contributed by atoms with van der Waals surface area (Å²) in [6.45, 7) is 2.04. The van der Waals surface area contributed by atoms with Gasteiger partial charge in [-0.1, -0.05) is 12.1 Å². The van der Waals surface area contributed by atoms with Crippen LogP contribution in [0.15, 0.2) is 22.7 Å². The third-order valence-electron chi connectivity index (χ3n) is 3.11. The average Bonchev–Trinajstić information content (AvgIpc) is 2.27. The molecule has 2 rings (SSSR count). The zero-order valence-corrected chi connectivity index (χ0v) is 12.1. The van der Waals surface area contributed by atoms with E-state index in [0.717, 1.165) is 10.2 Å². The van der Waals surface area contributed by atoms with Crippen molar-refractivity contribution in [3.8, 4) is 0 Å². The predicted octanol–water partition coefficient (Wildman–Crippen LogP) is 2.75. The molecule has 1 aromatic carbocycles. The molecule has 94 valence electrons. The van der Waals surface area contributed by atoms with Gasteiger partial charge in [-0.25, -0.2) is 8.42 Å². The van der Waals surface area contributed by atoms with E-state index in [1.165, 1.54) is 5.56 Å². The van der Waals surface area contributed by atoms with Crippen LogP contribution < -0.4 is 5.32 Å². The van der Waals surface area contributed by atoms with Crippen LogP contribution in [0.3, 0.4) is 0 Å². The minimum atomic E-state index is -2.78. The molecule has 0 radical (unpaired) electrons. The molecule has 3 nitrogen and oxygen atoms in total. The molecule has 0 aliphatic carbocycles. The van der Waals surface area contributed by atoms with Gasteiger partial charge in [0.05, 0.1) is 11.5 Å². The Balaban J connectivity index is 2.05. The summed E-state index contributed by atoms with van der Waals surface area (Å²) in [6, 6.07) is 6.32. The second kappa shape index (κ2) is 4.98. The van der Waals surface area contributed by atoms with Crippen LogP contribution in [0.4, 0.5) is 5.69 Å². The maximum Gasteiger partial charge on any atom is 0.150 e. The topological polar surface area (TPSA) is 46.2 Å². The van der Waals surface area contributed by atoms with E-state index in [9.17, 15) is 8.42 Å². The molecule has 0 atom stereocenters. The fourth-order valence-electron chi connectivity index (χ4n) is 2.01. The highest BCUT2D eigenvalue weighted by molar-refractivity contribution is 9.10. The Morgan fingerprint density at radius 3 is 2.59 bits per heavy atom. The zero-order valence-electron chi connectivity index (χ0n) is 9.74. The summed E-state index contributed by atoms with van der Waals surface area (Å²) < 4.78 is 23.7. The molecule has 1 saturated heterocycles. The Morgan fingerprint density at radius 1 is 1.29 bits per heavy atom. The monoisotopic (exact) mass is 317 g/mol. The minimum absolute atomic E-state index is 0.261. The van der Waals surface area contributed by atoms with Crippen LogP contribution in [-0.2, 0) is 9.84 Å². The molecule has 1 aliphatic rings. The van der Waals surface area contributed by atoms with E-state index in [1.807, 2.05) is 25.1 Å². The third-order valence-corrected chi connectivity index (χ3v) is 5.87. The molecule has 17 heavy (non-hydrogen) atoms. The second-order valence-electron chi connectivity index (χ2n) is 4.51. The lowest BCUT2D eigenvalue weighted by Crippen LogP contribution is -2.32. The van der Waals surface area contributed by atoms with Gasteiger partial charge in [-0.2, -0.15) is 0 Å². The lowest BCUT2D eigenvalue weighted by Gasteiger charge is -2.24. The maximum absolute atomic E-state index is 11.3. The number of rotatable bonds is 2. The highest BCUT2D eigenvalue weighted by atomic mass is 79.9.